The van der Waals surface area contributed by atoms with Crippen molar-refractivity contribution in [1.29, 1.82) is 0 Å². The van der Waals surface area contributed by atoms with Crippen LogP contribution in [0.2, 0.25) is 0 Å². The number of carbonyl (C=O) groups excluding carboxylic acids is 4. The van der Waals surface area contributed by atoms with E-state index in [-0.39, 0.29) is 54.8 Å². The highest BCUT2D eigenvalue weighted by Crippen LogP contribution is 2.36. The standard InChI is InChI=1S/C41H48FN11O4/c42-31-20-28(19-29-30(31)24-52(40(29)57)35-4-5-37(54)47-39(35)56)50-16-7-25(8-17-50)22-49-14-9-27(10-15-49)53-23-26-18-34(45-38(55)32-6-11-44-41(43)46-32)36(21-33(26)48-53)51-12-2-1-3-13-51/h6,11,18-21,23,25,27,35H,1-5,7-10,12-17,22,24H2,(H,45,55)(H2,43,44,46)(H,47,54,56). The Balaban J connectivity index is 0.806. The molecule has 0 spiro atoms. The molecule has 4 fully saturated rings. The van der Waals surface area contributed by atoms with Crippen LogP contribution in [-0.4, -0.2) is 105 Å². The molecule has 2 aromatic carbocycles. The zero-order valence-electron chi connectivity index (χ0n) is 32.0. The van der Waals surface area contributed by atoms with Crippen LogP contribution in [0.3, 0.4) is 0 Å². The third-order valence-electron chi connectivity index (χ3n) is 12.5. The van der Waals surface area contributed by atoms with Crippen molar-refractivity contribution < 1.29 is 23.6 Å². The molecule has 7 heterocycles. The number of nitrogen functional groups attached to an aromatic ring is 1. The van der Waals surface area contributed by atoms with Crippen molar-refractivity contribution >= 4 is 57.5 Å². The summed E-state index contributed by atoms with van der Waals surface area (Å²) in [5, 5.41) is 11.4. The molecule has 4 N–H and O–H groups in total. The monoisotopic (exact) mass is 777 g/mol. The van der Waals surface area contributed by atoms with Gasteiger partial charge in [-0.1, -0.05) is 0 Å². The molecule has 9 rings (SSSR count). The number of nitrogens with one attached hydrogen (secondary N) is 2. The first-order chi connectivity index (χ1) is 27.7. The maximum absolute atomic E-state index is 15.4. The van der Waals surface area contributed by atoms with E-state index in [1.54, 1.807) is 12.1 Å². The molecule has 4 amide bonds. The van der Waals surface area contributed by atoms with Crippen molar-refractivity contribution in [2.75, 3.05) is 66.7 Å². The first kappa shape index (κ1) is 37.0. The number of anilines is 4. The predicted molar refractivity (Wildman–Crippen MR) is 212 cm³/mol. The SMILES string of the molecule is Nc1nccc(C(=O)Nc2cc3cn(C4CCN(CC5CCN(c6cc(F)c7c(c6)C(=O)N(C6CCC(=O)NC6=O)C7)CC5)CC4)nc3cc2N2CCCCC2)n1. The van der Waals surface area contributed by atoms with E-state index in [0.29, 0.717) is 22.7 Å². The Bertz CT molecular complexity index is 2220. The molecule has 298 valence electrons. The molecule has 0 radical (unpaired) electrons. The lowest BCUT2D eigenvalue weighted by Gasteiger charge is -2.38. The first-order valence-electron chi connectivity index (χ1n) is 20.3. The zero-order valence-corrected chi connectivity index (χ0v) is 32.0. The van der Waals surface area contributed by atoms with E-state index in [1.807, 2.05) is 6.07 Å². The van der Waals surface area contributed by atoms with Crippen LogP contribution in [-0.2, 0) is 16.1 Å². The van der Waals surface area contributed by atoms with Crippen molar-refractivity contribution in [3.8, 4) is 0 Å². The van der Waals surface area contributed by atoms with Crippen LogP contribution >= 0.6 is 0 Å². The molecule has 0 bridgehead atoms. The summed E-state index contributed by atoms with van der Waals surface area (Å²) in [5.74, 6) is -1.39. The molecular formula is C41H48FN11O4. The lowest BCUT2D eigenvalue weighted by molar-refractivity contribution is -0.136. The van der Waals surface area contributed by atoms with Gasteiger partial charge in [0.15, 0.2) is 0 Å². The Labute approximate surface area is 329 Å². The Morgan fingerprint density at radius 1 is 0.930 bits per heavy atom. The number of nitrogens with zero attached hydrogens (tertiary/aromatic N) is 8. The molecule has 1 atom stereocenters. The smallest absolute Gasteiger partial charge is 0.274 e. The number of carbonyl (C=O) groups is 4. The van der Waals surface area contributed by atoms with Crippen LogP contribution in [0.1, 0.15) is 90.2 Å². The molecule has 4 aromatic rings. The Morgan fingerprint density at radius 3 is 2.47 bits per heavy atom. The van der Waals surface area contributed by atoms with Gasteiger partial charge in [0.05, 0.1) is 29.5 Å². The first-order valence-corrected chi connectivity index (χ1v) is 20.3. The molecule has 4 saturated heterocycles. The van der Waals surface area contributed by atoms with Crippen molar-refractivity contribution in [3.05, 3.63) is 65.4 Å². The molecule has 1 unspecified atom stereocenters. The second kappa shape index (κ2) is 15.4. The van der Waals surface area contributed by atoms with Crippen LogP contribution in [0.25, 0.3) is 10.9 Å². The number of hydrogen-bond acceptors (Lipinski definition) is 11. The minimum Gasteiger partial charge on any atom is -0.371 e. The summed E-state index contributed by atoms with van der Waals surface area (Å²) in [6.07, 6.45) is 11.3. The minimum absolute atomic E-state index is 0.0324. The fourth-order valence-electron chi connectivity index (χ4n) is 9.34. The summed E-state index contributed by atoms with van der Waals surface area (Å²) in [5.41, 5.74) is 9.90. The fourth-order valence-corrected chi connectivity index (χ4v) is 9.34. The summed E-state index contributed by atoms with van der Waals surface area (Å²) in [7, 11) is 0. The number of rotatable bonds is 8. The zero-order chi connectivity index (χ0) is 39.2. The summed E-state index contributed by atoms with van der Waals surface area (Å²) < 4.78 is 17.5. The van der Waals surface area contributed by atoms with Gasteiger partial charge in [-0.25, -0.2) is 14.4 Å². The van der Waals surface area contributed by atoms with Gasteiger partial charge >= 0.3 is 0 Å². The van der Waals surface area contributed by atoms with Gasteiger partial charge in [0.1, 0.15) is 17.6 Å². The van der Waals surface area contributed by atoms with E-state index < -0.39 is 17.8 Å². The van der Waals surface area contributed by atoms with Crippen molar-refractivity contribution in [1.82, 2.24) is 34.9 Å². The maximum atomic E-state index is 15.4. The fraction of sp³-hybridized carbons (Fsp3) is 0.488. The van der Waals surface area contributed by atoms with E-state index in [9.17, 15) is 19.2 Å². The Kier molecular flexibility index (Phi) is 9.97. The number of imide groups is 1. The average Bonchev–Trinajstić information content (AvgIpc) is 3.79. The van der Waals surface area contributed by atoms with Gasteiger partial charge in [-0.3, -0.25) is 29.2 Å². The van der Waals surface area contributed by atoms with Gasteiger partial charge in [0, 0.05) is 86.8 Å². The lowest BCUT2D eigenvalue weighted by Crippen LogP contribution is -2.52. The lowest BCUT2D eigenvalue weighted by atomic mass is 9.94. The highest BCUT2D eigenvalue weighted by atomic mass is 19.1. The molecule has 0 aliphatic carbocycles. The topological polar surface area (TPSA) is 175 Å². The van der Waals surface area contributed by atoms with Crippen molar-refractivity contribution in [2.45, 2.75) is 76.4 Å². The molecule has 5 aliphatic rings. The summed E-state index contributed by atoms with van der Waals surface area (Å²) in [6, 6.07) is 8.49. The van der Waals surface area contributed by atoms with E-state index in [1.165, 1.54) is 23.6 Å². The average molecular weight is 778 g/mol. The second-order valence-corrected chi connectivity index (χ2v) is 16.2. The number of fused-ring (bicyclic) bond motifs is 2. The van der Waals surface area contributed by atoms with Crippen molar-refractivity contribution in [3.63, 3.8) is 0 Å². The van der Waals surface area contributed by atoms with Gasteiger partial charge in [0.25, 0.3) is 11.8 Å². The van der Waals surface area contributed by atoms with Crippen LogP contribution in [0, 0.1) is 11.7 Å². The van der Waals surface area contributed by atoms with E-state index in [4.69, 9.17) is 10.8 Å². The Hall–Kier alpha value is -5.64. The van der Waals surface area contributed by atoms with Crippen molar-refractivity contribution in [2.24, 2.45) is 5.92 Å². The number of aromatic nitrogens is 4. The molecule has 2 aromatic heterocycles. The third-order valence-corrected chi connectivity index (χ3v) is 12.5. The number of piperidine rings is 4. The summed E-state index contributed by atoms with van der Waals surface area (Å²) in [6.45, 7) is 6.40. The van der Waals surface area contributed by atoms with Crippen LogP contribution in [0.4, 0.5) is 27.4 Å². The molecule has 5 aliphatic heterocycles. The number of nitrogens with two attached hydrogens (primary N) is 1. The van der Waals surface area contributed by atoms with Crippen LogP contribution in [0.5, 0.6) is 0 Å². The number of halogens is 1. The second-order valence-electron chi connectivity index (χ2n) is 16.2. The number of amides is 4. The molecule has 15 nitrogen and oxygen atoms in total. The number of likely N-dealkylation sites (tertiary alicyclic amines) is 1. The van der Waals surface area contributed by atoms with Gasteiger partial charge in [-0.15, -0.1) is 0 Å². The van der Waals surface area contributed by atoms with Gasteiger partial charge in [0.2, 0.25) is 17.8 Å². The highest BCUT2D eigenvalue weighted by Gasteiger charge is 2.41. The third kappa shape index (κ3) is 7.49. The highest BCUT2D eigenvalue weighted by molar-refractivity contribution is 6.07. The van der Waals surface area contributed by atoms with Crippen LogP contribution in [0.15, 0.2) is 42.7 Å². The quantitative estimate of drug-likeness (QED) is 0.220. The van der Waals surface area contributed by atoms with Crippen LogP contribution < -0.4 is 26.2 Å². The van der Waals surface area contributed by atoms with E-state index in [2.05, 4.69) is 52.2 Å². The maximum Gasteiger partial charge on any atom is 0.274 e. The molecule has 16 heteroatoms. The molecule has 0 saturated carbocycles. The predicted octanol–water partition coefficient (Wildman–Crippen LogP) is 4.10. The summed E-state index contributed by atoms with van der Waals surface area (Å²) >= 11 is 0. The van der Waals surface area contributed by atoms with Gasteiger partial charge in [-0.2, -0.15) is 5.10 Å². The molecular weight excluding hydrogens is 730 g/mol. The normalized spacial score (nSPS) is 21.3. The van der Waals surface area contributed by atoms with E-state index in [0.717, 1.165) is 107 Å². The molecule has 57 heavy (non-hydrogen) atoms. The minimum atomic E-state index is -0.769. The van der Waals surface area contributed by atoms with Gasteiger partial charge in [-0.05, 0) is 87.6 Å². The summed E-state index contributed by atoms with van der Waals surface area (Å²) in [4.78, 5) is 67.1. The Morgan fingerprint density at radius 2 is 1.72 bits per heavy atom. The number of benzene rings is 2. The number of hydrogen-bond donors (Lipinski definition) is 3. The van der Waals surface area contributed by atoms with Gasteiger partial charge < -0.3 is 30.7 Å². The largest absolute Gasteiger partial charge is 0.371 e. The van der Waals surface area contributed by atoms with E-state index >= 15 is 4.39 Å².